The zero-order valence-electron chi connectivity index (χ0n) is 38.3. The molecule has 14 heteroatoms. The zero-order chi connectivity index (χ0) is 49.7. The summed E-state index contributed by atoms with van der Waals surface area (Å²) in [4.78, 5) is 47.7. The van der Waals surface area contributed by atoms with Crippen molar-refractivity contribution < 1.29 is 43.6 Å². The minimum Gasteiger partial charge on any atom is -0.488 e. The van der Waals surface area contributed by atoms with Crippen LogP contribution in [0.5, 0.6) is 17.2 Å². The number of aliphatic hydroxyl groups excluding tert-OH is 2. The van der Waals surface area contributed by atoms with Crippen LogP contribution < -0.4 is 14.2 Å². The van der Waals surface area contributed by atoms with Crippen LogP contribution in [0.2, 0.25) is 0 Å². The van der Waals surface area contributed by atoms with Gasteiger partial charge in [-0.25, -0.2) is 0 Å². The zero-order valence-corrected chi connectivity index (χ0v) is 46.2. The fourth-order valence-electron chi connectivity index (χ4n) is 10.3. The Hall–Kier alpha value is -4.28. The second-order valence-corrected chi connectivity index (χ2v) is 22.6. The second kappa shape index (κ2) is 21.3. The molecule has 0 spiro atoms. The minimum atomic E-state index is -0.520. The molecule has 2 N–H and O–H groups in total. The molecule has 6 aliphatic rings. The van der Waals surface area contributed by atoms with Gasteiger partial charge >= 0.3 is 0 Å². The van der Waals surface area contributed by atoms with Crippen LogP contribution in [0.1, 0.15) is 90.2 Å². The normalized spacial score (nSPS) is 18.3. The molecule has 6 aromatic carbocycles. The maximum absolute atomic E-state index is 12.1. The van der Waals surface area contributed by atoms with Crippen LogP contribution in [0.3, 0.4) is 0 Å². The van der Waals surface area contributed by atoms with Crippen molar-refractivity contribution in [2.45, 2.75) is 86.6 Å². The number of halogens is 5. The molecule has 12 rings (SSSR count). The molecular weight excluding hydrogens is 1230 g/mol. The topological polar surface area (TPSA) is 136 Å². The summed E-state index contributed by atoms with van der Waals surface area (Å²) in [5, 5.41) is 21.3. The number of aryl methyl sites for hydroxylation is 1. The molecule has 3 heterocycles. The quantitative estimate of drug-likeness (QED) is 0.123. The van der Waals surface area contributed by atoms with E-state index < -0.39 is 12.2 Å². The Morgan fingerprint density at radius 2 is 0.915 bits per heavy atom. The molecule has 4 atom stereocenters. The summed E-state index contributed by atoms with van der Waals surface area (Å²) in [5.74, 6) is 3.30. The number of carbonyl (C=O) groups excluding carboxylic acids is 4. The van der Waals surface area contributed by atoms with E-state index in [1.165, 1.54) is 16.7 Å². The number of hydrogen-bond acceptors (Lipinski definition) is 9. The number of fused-ring (bicyclic) bond motifs is 15. The fraction of sp³-hybridized carbons (Fsp3) is 0.298. The first-order chi connectivity index (χ1) is 34.3. The average molecular weight is 1280 g/mol. The molecule has 0 fully saturated rings. The first kappa shape index (κ1) is 50.3. The molecule has 0 bridgehead atoms. The standard InChI is InChI=1S/C19H16Br2O3.C19H14Br2O3.C19H17BrO3/c2*20-8-18(23)11-2-3-13-12(5-11)9-24-19-14(13)4-1-10-6-16(21)17(22)7-15(10)19;20-9-18(22)12-3-5-15-13(7-12)10-23-19-16(15)6-2-11-1-4-14(21)8-17(11)19/h1-5,16,18,23H,6-9H2;1-5,16H,6-9H2;2-3,5-7,18,22H,1,4,8-10H2. The number of hydrogen-bond donors (Lipinski definition) is 2. The van der Waals surface area contributed by atoms with Crippen molar-refractivity contribution in [3.8, 4) is 50.6 Å². The number of Topliss-reactive ketones (excluding diaryl/α,β-unsaturated/α-hetero) is 4. The third-order valence-electron chi connectivity index (χ3n) is 14.2. The maximum atomic E-state index is 12.1. The lowest BCUT2D eigenvalue weighted by Gasteiger charge is -2.28. The number of carbonyl (C=O) groups is 4. The van der Waals surface area contributed by atoms with Crippen LogP contribution in [0.25, 0.3) is 33.4 Å². The van der Waals surface area contributed by atoms with E-state index >= 15 is 0 Å². The van der Waals surface area contributed by atoms with Crippen molar-refractivity contribution in [2.24, 2.45) is 0 Å². The molecule has 0 saturated heterocycles. The van der Waals surface area contributed by atoms with Crippen molar-refractivity contribution in [3.63, 3.8) is 0 Å². The molecule has 0 radical (unpaired) electrons. The molecular formula is C57H47Br5O9. The van der Waals surface area contributed by atoms with E-state index in [1.54, 1.807) is 0 Å². The SMILES string of the molecule is O=C(CBr)c1ccc2c(c1)COc1c-2ccc2c1CC(=O)C(Br)C2.O=C1CCc2ccc3c(c2C1)OCc1cc(C(O)CBr)ccc1-3.O=C1Cc2c(ccc3c2OCc2cc(C(O)CBr)ccc2-3)CC1Br. The predicted octanol–water partition coefficient (Wildman–Crippen LogP) is 12.1. The summed E-state index contributed by atoms with van der Waals surface area (Å²) in [6.07, 6.45) is 3.15. The number of aliphatic hydroxyl groups is 2. The molecule has 364 valence electrons. The highest BCUT2D eigenvalue weighted by Crippen LogP contribution is 2.47. The van der Waals surface area contributed by atoms with Gasteiger partial charge in [0.25, 0.3) is 0 Å². The highest BCUT2D eigenvalue weighted by molar-refractivity contribution is 9.10. The van der Waals surface area contributed by atoms with Crippen molar-refractivity contribution >= 4 is 103 Å². The summed E-state index contributed by atoms with van der Waals surface area (Å²) in [7, 11) is 0. The van der Waals surface area contributed by atoms with Crippen LogP contribution >= 0.6 is 79.6 Å². The Kier molecular flexibility index (Phi) is 15.1. The summed E-state index contributed by atoms with van der Waals surface area (Å²) >= 11 is 16.7. The molecule has 4 unspecified atom stereocenters. The molecule has 0 saturated carbocycles. The van der Waals surface area contributed by atoms with Crippen molar-refractivity contribution in [1.82, 2.24) is 0 Å². The highest BCUT2D eigenvalue weighted by atomic mass is 79.9. The van der Waals surface area contributed by atoms with Crippen LogP contribution in [-0.2, 0) is 72.7 Å². The Bertz CT molecular complexity index is 3170. The largest absolute Gasteiger partial charge is 0.488 e. The van der Waals surface area contributed by atoms with Crippen LogP contribution in [-0.4, -0.2) is 59.0 Å². The van der Waals surface area contributed by atoms with Crippen LogP contribution in [0.15, 0.2) is 91.0 Å². The Morgan fingerprint density at radius 3 is 1.37 bits per heavy atom. The van der Waals surface area contributed by atoms with Gasteiger partial charge < -0.3 is 24.4 Å². The first-order valence-corrected chi connectivity index (χ1v) is 28.7. The van der Waals surface area contributed by atoms with Gasteiger partial charge in [0.1, 0.15) is 42.9 Å². The Balaban J connectivity index is 0.000000123. The van der Waals surface area contributed by atoms with E-state index in [2.05, 4.69) is 122 Å². The van der Waals surface area contributed by atoms with Gasteiger partial charge in [-0.15, -0.1) is 0 Å². The third kappa shape index (κ3) is 9.96. The van der Waals surface area contributed by atoms with Crippen LogP contribution in [0.4, 0.5) is 0 Å². The number of alkyl halides is 5. The van der Waals surface area contributed by atoms with E-state index in [1.807, 2.05) is 48.5 Å². The predicted molar refractivity (Wildman–Crippen MR) is 292 cm³/mol. The molecule has 0 amide bonds. The van der Waals surface area contributed by atoms with Gasteiger partial charge in [0.05, 0.1) is 27.2 Å². The Labute approximate surface area is 453 Å². The number of benzene rings is 6. The Morgan fingerprint density at radius 1 is 0.507 bits per heavy atom. The van der Waals surface area contributed by atoms with E-state index in [9.17, 15) is 29.4 Å². The smallest absolute Gasteiger partial charge is 0.173 e. The molecule has 6 aromatic rings. The highest BCUT2D eigenvalue weighted by Gasteiger charge is 2.33. The molecule has 3 aliphatic carbocycles. The lowest BCUT2D eigenvalue weighted by Crippen LogP contribution is -2.26. The van der Waals surface area contributed by atoms with E-state index in [0.717, 1.165) is 102 Å². The fourth-order valence-corrected chi connectivity index (χ4v) is 12.4. The monoisotopic (exact) mass is 1270 g/mol. The lowest BCUT2D eigenvalue weighted by atomic mass is 9.85. The number of ketones is 4. The minimum absolute atomic E-state index is 0.0583. The van der Waals surface area contributed by atoms with Crippen LogP contribution in [0, 0.1) is 0 Å². The van der Waals surface area contributed by atoms with Gasteiger partial charge in [0, 0.05) is 75.3 Å². The summed E-state index contributed by atoms with van der Waals surface area (Å²) < 4.78 is 18.1. The summed E-state index contributed by atoms with van der Waals surface area (Å²) in [6, 6.07) is 30.3. The van der Waals surface area contributed by atoms with Gasteiger partial charge in [0.15, 0.2) is 17.3 Å². The summed E-state index contributed by atoms with van der Waals surface area (Å²) in [5.41, 5.74) is 18.8. The molecule has 0 aromatic heterocycles. The molecule has 71 heavy (non-hydrogen) atoms. The van der Waals surface area contributed by atoms with Gasteiger partial charge in [0.2, 0.25) is 0 Å². The number of rotatable bonds is 6. The first-order valence-electron chi connectivity index (χ1n) is 23.5. The number of ether oxygens (including phenoxy) is 3. The van der Waals surface area contributed by atoms with Gasteiger partial charge in [-0.3, -0.25) is 19.2 Å². The molecule has 3 aliphatic heterocycles. The van der Waals surface area contributed by atoms with Gasteiger partial charge in [-0.1, -0.05) is 152 Å². The van der Waals surface area contributed by atoms with E-state index in [-0.39, 0.29) is 32.8 Å². The van der Waals surface area contributed by atoms with Crippen molar-refractivity contribution in [2.75, 3.05) is 16.0 Å². The maximum Gasteiger partial charge on any atom is 0.173 e. The summed E-state index contributed by atoms with van der Waals surface area (Å²) in [6.45, 7) is 1.37. The van der Waals surface area contributed by atoms with Gasteiger partial charge in [-0.2, -0.15) is 0 Å². The second-order valence-electron chi connectivity index (χ2n) is 18.6. The van der Waals surface area contributed by atoms with Crippen molar-refractivity contribution in [3.05, 3.63) is 158 Å². The molecule has 9 nitrogen and oxygen atoms in total. The lowest BCUT2D eigenvalue weighted by molar-refractivity contribution is -0.119. The average Bonchev–Trinajstić information content (AvgIpc) is 3.40. The third-order valence-corrected chi connectivity index (χ3v) is 17.6. The van der Waals surface area contributed by atoms with E-state index in [0.29, 0.717) is 79.9 Å². The van der Waals surface area contributed by atoms with Gasteiger partial charge in [-0.05, 0) is 98.7 Å². The van der Waals surface area contributed by atoms with Crippen molar-refractivity contribution in [1.29, 1.82) is 0 Å². The van der Waals surface area contributed by atoms with E-state index in [4.69, 9.17) is 14.2 Å².